The second-order valence-electron chi connectivity index (χ2n) is 4.96. The second-order valence-corrected chi connectivity index (χ2v) is 5.37. The highest BCUT2D eigenvalue weighted by molar-refractivity contribution is 6.31. The molecule has 0 saturated heterocycles. The van der Waals surface area contributed by atoms with Crippen molar-refractivity contribution in [3.05, 3.63) is 52.5 Å². The lowest BCUT2D eigenvalue weighted by atomic mass is 10.2. The molecular formula is C18H22ClNO2. The Morgan fingerprint density at radius 3 is 2.36 bits per heavy atom. The Morgan fingerprint density at radius 1 is 0.955 bits per heavy atom. The van der Waals surface area contributed by atoms with Crippen LogP contribution in [-0.2, 0) is 6.54 Å². The van der Waals surface area contributed by atoms with Gasteiger partial charge in [0.05, 0.1) is 13.2 Å². The lowest BCUT2D eigenvalue weighted by Crippen LogP contribution is -2.02. The molecular weight excluding hydrogens is 298 g/mol. The third-order valence-electron chi connectivity index (χ3n) is 3.28. The summed E-state index contributed by atoms with van der Waals surface area (Å²) < 4.78 is 11.2. The highest BCUT2D eigenvalue weighted by Gasteiger charge is 2.06. The van der Waals surface area contributed by atoms with E-state index in [1.807, 2.05) is 57.2 Å². The Labute approximate surface area is 137 Å². The van der Waals surface area contributed by atoms with Gasteiger partial charge in [0.2, 0.25) is 0 Å². The highest BCUT2D eigenvalue weighted by atomic mass is 35.5. The van der Waals surface area contributed by atoms with Gasteiger partial charge in [-0.2, -0.15) is 0 Å². The van der Waals surface area contributed by atoms with E-state index >= 15 is 0 Å². The van der Waals surface area contributed by atoms with E-state index in [9.17, 15) is 0 Å². The number of ether oxygens (including phenoxy) is 2. The van der Waals surface area contributed by atoms with Gasteiger partial charge in [-0.25, -0.2) is 0 Å². The molecule has 0 aromatic heterocycles. The van der Waals surface area contributed by atoms with Crippen molar-refractivity contribution in [3.8, 4) is 11.5 Å². The number of rotatable bonds is 7. The summed E-state index contributed by atoms with van der Waals surface area (Å²) in [6.07, 6.45) is 0. The van der Waals surface area contributed by atoms with E-state index in [4.69, 9.17) is 21.1 Å². The topological polar surface area (TPSA) is 30.5 Å². The van der Waals surface area contributed by atoms with E-state index in [2.05, 4.69) is 5.32 Å². The molecule has 0 saturated carbocycles. The molecule has 1 N–H and O–H groups in total. The molecule has 2 aromatic rings. The van der Waals surface area contributed by atoms with Gasteiger partial charge < -0.3 is 14.8 Å². The summed E-state index contributed by atoms with van der Waals surface area (Å²) in [6.45, 7) is 7.87. The normalized spacial score (nSPS) is 10.4. The van der Waals surface area contributed by atoms with Crippen molar-refractivity contribution >= 4 is 17.3 Å². The van der Waals surface area contributed by atoms with E-state index in [1.54, 1.807) is 0 Å². The molecule has 2 aromatic carbocycles. The molecule has 4 heteroatoms. The summed E-state index contributed by atoms with van der Waals surface area (Å²) in [5, 5.41) is 4.14. The maximum absolute atomic E-state index is 6.14. The van der Waals surface area contributed by atoms with Crippen molar-refractivity contribution in [1.29, 1.82) is 0 Å². The van der Waals surface area contributed by atoms with Gasteiger partial charge in [-0.3, -0.25) is 0 Å². The molecule has 0 fully saturated rings. The minimum absolute atomic E-state index is 0.616. The molecule has 2 rings (SSSR count). The molecule has 0 aliphatic carbocycles. The second kappa shape index (κ2) is 7.95. The van der Waals surface area contributed by atoms with Crippen LogP contribution in [0.15, 0.2) is 36.4 Å². The van der Waals surface area contributed by atoms with Gasteiger partial charge in [0.15, 0.2) is 11.5 Å². The third kappa shape index (κ3) is 4.31. The van der Waals surface area contributed by atoms with E-state index in [1.165, 1.54) is 0 Å². The fraction of sp³-hybridized carbons (Fsp3) is 0.333. The summed E-state index contributed by atoms with van der Waals surface area (Å²) in [5.41, 5.74) is 3.21. The number of hydrogen-bond donors (Lipinski definition) is 1. The molecule has 0 amide bonds. The quantitative estimate of drug-likeness (QED) is 0.774. The van der Waals surface area contributed by atoms with Crippen molar-refractivity contribution in [2.75, 3.05) is 18.5 Å². The molecule has 22 heavy (non-hydrogen) atoms. The fourth-order valence-electron chi connectivity index (χ4n) is 2.11. The van der Waals surface area contributed by atoms with Gasteiger partial charge in [0.1, 0.15) is 0 Å². The number of aryl methyl sites for hydroxylation is 1. The van der Waals surface area contributed by atoms with Gasteiger partial charge in [0.25, 0.3) is 0 Å². The molecule has 0 aliphatic rings. The summed E-state index contributed by atoms with van der Waals surface area (Å²) in [7, 11) is 0. The number of hydrogen-bond acceptors (Lipinski definition) is 3. The average molecular weight is 320 g/mol. The van der Waals surface area contributed by atoms with Crippen LogP contribution in [0, 0.1) is 6.92 Å². The first-order chi connectivity index (χ1) is 10.6. The van der Waals surface area contributed by atoms with Crippen LogP contribution in [0.1, 0.15) is 25.0 Å². The lowest BCUT2D eigenvalue weighted by Gasteiger charge is -2.13. The number of nitrogens with one attached hydrogen (secondary N) is 1. The van der Waals surface area contributed by atoms with Crippen molar-refractivity contribution in [2.45, 2.75) is 27.3 Å². The van der Waals surface area contributed by atoms with Crippen molar-refractivity contribution in [1.82, 2.24) is 0 Å². The van der Waals surface area contributed by atoms with Crippen LogP contribution in [0.4, 0.5) is 5.69 Å². The molecule has 0 spiro atoms. The predicted octanol–water partition coefficient (Wildman–Crippen LogP) is 5.06. The Balaban J connectivity index is 2.08. The van der Waals surface area contributed by atoms with Gasteiger partial charge in [-0.05, 0) is 56.2 Å². The van der Waals surface area contributed by atoms with Crippen LogP contribution in [0.3, 0.4) is 0 Å². The van der Waals surface area contributed by atoms with Crippen LogP contribution < -0.4 is 14.8 Å². The number of benzene rings is 2. The molecule has 3 nitrogen and oxygen atoms in total. The standard InChI is InChI=1S/C18H22ClNO2/c1-4-21-17-9-7-14(10-18(17)22-5-2)12-20-15-8-6-13(3)16(19)11-15/h6-11,20H,4-5,12H2,1-3H3. The first-order valence-corrected chi connectivity index (χ1v) is 7.90. The van der Waals surface area contributed by atoms with Crippen molar-refractivity contribution < 1.29 is 9.47 Å². The minimum atomic E-state index is 0.616. The maximum atomic E-state index is 6.14. The zero-order chi connectivity index (χ0) is 15.9. The monoisotopic (exact) mass is 319 g/mol. The lowest BCUT2D eigenvalue weighted by molar-refractivity contribution is 0.287. The molecule has 0 unspecified atom stereocenters. The maximum Gasteiger partial charge on any atom is 0.161 e. The SMILES string of the molecule is CCOc1ccc(CNc2ccc(C)c(Cl)c2)cc1OCC. The molecule has 118 valence electrons. The van der Waals surface area contributed by atoms with Gasteiger partial charge >= 0.3 is 0 Å². The Hall–Kier alpha value is -1.87. The summed E-state index contributed by atoms with van der Waals surface area (Å²) in [6, 6.07) is 12.0. The summed E-state index contributed by atoms with van der Waals surface area (Å²) in [4.78, 5) is 0. The zero-order valence-electron chi connectivity index (χ0n) is 13.3. The Bertz CT molecular complexity index is 628. The van der Waals surface area contributed by atoms with Gasteiger partial charge in [-0.15, -0.1) is 0 Å². The van der Waals surface area contributed by atoms with E-state index in [0.717, 1.165) is 33.3 Å². The largest absolute Gasteiger partial charge is 0.490 e. The highest BCUT2D eigenvalue weighted by Crippen LogP contribution is 2.29. The Kier molecular flexibility index (Phi) is 5.96. The van der Waals surface area contributed by atoms with Crippen LogP contribution in [0.25, 0.3) is 0 Å². The summed E-state index contributed by atoms with van der Waals surface area (Å²) in [5.74, 6) is 1.57. The number of halogens is 1. The van der Waals surface area contributed by atoms with Crippen molar-refractivity contribution in [2.24, 2.45) is 0 Å². The first-order valence-electron chi connectivity index (χ1n) is 7.52. The third-order valence-corrected chi connectivity index (χ3v) is 3.68. The van der Waals surface area contributed by atoms with Gasteiger partial charge in [-0.1, -0.05) is 23.7 Å². The Morgan fingerprint density at radius 2 is 1.68 bits per heavy atom. The zero-order valence-corrected chi connectivity index (χ0v) is 14.0. The summed E-state index contributed by atoms with van der Waals surface area (Å²) >= 11 is 6.14. The fourth-order valence-corrected chi connectivity index (χ4v) is 2.29. The van der Waals surface area contributed by atoms with Crippen molar-refractivity contribution in [3.63, 3.8) is 0 Å². The number of anilines is 1. The van der Waals surface area contributed by atoms with E-state index < -0.39 is 0 Å². The van der Waals surface area contributed by atoms with E-state index in [0.29, 0.717) is 19.8 Å². The molecule has 0 heterocycles. The van der Waals surface area contributed by atoms with Gasteiger partial charge in [0, 0.05) is 17.3 Å². The van der Waals surface area contributed by atoms with Crippen LogP contribution in [-0.4, -0.2) is 13.2 Å². The van der Waals surface area contributed by atoms with Crippen LogP contribution >= 0.6 is 11.6 Å². The molecule has 0 atom stereocenters. The predicted molar refractivity (Wildman–Crippen MR) is 92.3 cm³/mol. The van der Waals surface area contributed by atoms with E-state index in [-0.39, 0.29) is 0 Å². The average Bonchev–Trinajstić information content (AvgIpc) is 2.51. The molecule has 0 bridgehead atoms. The van der Waals surface area contributed by atoms with Crippen LogP contribution in [0.2, 0.25) is 5.02 Å². The molecule has 0 aliphatic heterocycles. The minimum Gasteiger partial charge on any atom is -0.490 e. The molecule has 0 radical (unpaired) electrons. The smallest absolute Gasteiger partial charge is 0.161 e. The van der Waals surface area contributed by atoms with Crippen LogP contribution in [0.5, 0.6) is 11.5 Å². The first kappa shape index (κ1) is 16.5.